The quantitative estimate of drug-likeness (QED) is 0.355. The van der Waals surface area contributed by atoms with Crippen molar-refractivity contribution in [2.24, 2.45) is 0 Å². The molecule has 4 rings (SSSR count). The Balaban J connectivity index is 1.44. The van der Waals surface area contributed by atoms with Gasteiger partial charge in [-0.2, -0.15) is 0 Å². The second-order valence-corrected chi connectivity index (χ2v) is 9.23. The number of nitrogens with one attached hydrogen (secondary N) is 1. The predicted molar refractivity (Wildman–Crippen MR) is 119 cm³/mol. The molecule has 0 bridgehead atoms. The summed E-state index contributed by atoms with van der Waals surface area (Å²) in [6.07, 6.45) is 4.64. The first-order valence-corrected chi connectivity index (χ1v) is 12.1. The molecule has 1 amide bonds. The minimum absolute atomic E-state index is 0.155. The molecule has 31 heavy (non-hydrogen) atoms. The van der Waals surface area contributed by atoms with Gasteiger partial charge in [0, 0.05) is 10.8 Å². The molecule has 1 saturated carbocycles. The molecule has 0 spiro atoms. The highest BCUT2D eigenvalue weighted by Crippen LogP contribution is 2.40. The minimum Gasteiger partial charge on any atom is -0.467 e. The summed E-state index contributed by atoms with van der Waals surface area (Å²) >= 11 is 2.72. The second kappa shape index (κ2) is 9.69. The van der Waals surface area contributed by atoms with E-state index < -0.39 is 5.97 Å². The third-order valence-corrected chi connectivity index (χ3v) is 6.96. The number of aromatic nitrogens is 3. The molecule has 1 aliphatic carbocycles. The van der Waals surface area contributed by atoms with Gasteiger partial charge in [-0.3, -0.25) is 9.36 Å². The summed E-state index contributed by atoms with van der Waals surface area (Å²) in [6, 6.07) is 5.55. The zero-order valence-electron chi connectivity index (χ0n) is 17.4. The van der Waals surface area contributed by atoms with Gasteiger partial charge in [-0.25, -0.2) is 4.79 Å². The van der Waals surface area contributed by atoms with Crippen LogP contribution in [0.25, 0.3) is 0 Å². The van der Waals surface area contributed by atoms with Crippen LogP contribution in [-0.4, -0.2) is 39.0 Å². The van der Waals surface area contributed by atoms with Crippen LogP contribution in [0.2, 0.25) is 0 Å². The number of furan rings is 1. The highest BCUT2D eigenvalue weighted by Gasteiger charge is 2.31. The molecular formula is C21H24N4O4S2. The van der Waals surface area contributed by atoms with Crippen molar-refractivity contribution < 1.29 is 18.7 Å². The van der Waals surface area contributed by atoms with Gasteiger partial charge in [0.1, 0.15) is 16.6 Å². The molecule has 1 N–H and O–H groups in total. The summed E-state index contributed by atoms with van der Waals surface area (Å²) in [5, 5.41) is 12.7. The van der Waals surface area contributed by atoms with E-state index in [1.807, 2.05) is 23.6 Å². The monoisotopic (exact) mass is 460 g/mol. The molecular weight excluding hydrogens is 436 g/mol. The predicted octanol–water partition coefficient (Wildman–Crippen LogP) is 4.33. The molecule has 3 heterocycles. The van der Waals surface area contributed by atoms with Gasteiger partial charge >= 0.3 is 5.97 Å². The lowest BCUT2D eigenvalue weighted by Gasteiger charge is -2.09. The third-order valence-electron chi connectivity index (χ3n) is 4.79. The lowest BCUT2D eigenvalue weighted by atomic mass is 10.2. The van der Waals surface area contributed by atoms with Gasteiger partial charge in [0.15, 0.2) is 5.16 Å². The van der Waals surface area contributed by atoms with Gasteiger partial charge in [0.05, 0.1) is 30.7 Å². The molecule has 0 aromatic carbocycles. The largest absolute Gasteiger partial charge is 0.467 e. The first kappa shape index (κ1) is 21.6. The van der Waals surface area contributed by atoms with Crippen LogP contribution in [0.1, 0.15) is 59.4 Å². The van der Waals surface area contributed by atoms with Crippen LogP contribution < -0.4 is 5.32 Å². The van der Waals surface area contributed by atoms with Crippen LogP contribution in [0.5, 0.6) is 0 Å². The Morgan fingerprint density at radius 3 is 2.87 bits per heavy atom. The number of hydrogen-bond acceptors (Lipinski definition) is 8. The van der Waals surface area contributed by atoms with Crippen molar-refractivity contribution >= 4 is 40.0 Å². The van der Waals surface area contributed by atoms with Gasteiger partial charge in [-0.1, -0.05) is 18.7 Å². The smallest absolute Gasteiger partial charge is 0.341 e. The molecule has 8 nitrogen and oxygen atoms in total. The molecule has 3 aromatic rings. The maximum Gasteiger partial charge on any atom is 0.341 e. The number of anilines is 1. The first-order valence-electron chi connectivity index (χ1n) is 10.3. The van der Waals surface area contributed by atoms with E-state index in [0.717, 1.165) is 35.7 Å². The van der Waals surface area contributed by atoms with E-state index in [4.69, 9.17) is 9.15 Å². The van der Waals surface area contributed by atoms with E-state index in [0.29, 0.717) is 28.2 Å². The average Bonchev–Trinajstić information content (AvgIpc) is 3.15. The lowest BCUT2D eigenvalue weighted by Crippen LogP contribution is -2.16. The Bertz CT molecular complexity index is 1050. The normalized spacial score (nSPS) is 13.4. The zero-order valence-corrected chi connectivity index (χ0v) is 19.1. The molecule has 0 saturated heterocycles. The number of rotatable bonds is 10. The SMILES string of the molecule is CCOC(=O)c1cc(CC)sc1NC(=O)CSc1nnc(C2CC2)n1Cc1ccco1. The third kappa shape index (κ3) is 5.19. The summed E-state index contributed by atoms with van der Waals surface area (Å²) in [4.78, 5) is 25.9. The number of esters is 1. The van der Waals surface area contributed by atoms with E-state index in [2.05, 4.69) is 15.5 Å². The van der Waals surface area contributed by atoms with E-state index in [-0.39, 0.29) is 18.3 Å². The van der Waals surface area contributed by atoms with Crippen molar-refractivity contribution in [3.05, 3.63) is 46.5 Å². The molecule has 1 aliphatic rings. The van der Waals surface area contributed by atoms with E-state index in [1.165, 1.54) is 23.1 Å². The van der Waals surface area contributed by atoms with Gasteiger partial charge in [0.25, 0.3) is 0 Å². The first-order chi connectivity index (χ1) is 15.1. The number of thiophene rings is 1. The highest BCUT2D eigenvalue weighted by molar-refractivity contribution is 7.99. The van der Waals surface area contributed by atoms with E-state index in [9.17, 15) is 9.59 Å². The van der Waals surface area contributed by atoms with Crippen LogP contribution in [0.3, 0.4) is 0 Å². The summed E-state index contributed by atoms with van der Waals surface area (Å²) in [6.45, 7) is 4.59. The van der Waals surface area contributed by atoms with Gasteiger partial charge in [-0.15, -0.1) is 21.5 Å². The summed E-state index contributed by atoms with van der Waals surface area (Å²) in [7, 11) is 0. The summed E-state index contributed by atoms with van der Waals surface area (Å²) in [5.74, 6) is 1.71. The van der Waals surface area contributed by atoms with Crippen molar-refractivity contribution in [2.75, 3.05) is 17.7 Å². The van der Waals surface area contributed by atoms with Gasteiger partial charge in [-0.05, 0) is 44.4 Å². The molecule has 0 atom stereocenters. The van der Waals surface area contributed by atoms with Crippen molar-refractivity contribution in [2.45, 2.75) is 50.7 Å². The Kier molecular flexibility index (Phi) is 6.77. The van der Waals surface area contributed by atoms with E-state index >= 15 is 0 Å². The Morgan fingerprint density at radius 1 is 1.35 bits per heavy atom. The van der Waals surface area contributed by atoms with Crippen LogP contribution >= 0.6 is 23.1 Å². The summed E-state index contributed by atoms with van der Waals surface area (Å²) < 4.78 is 12.6. The molecule has 10 heteroatoms. The van der Waals surface area contributed by atoms with Crippen molar-refractivity contribution in [1.29, 1.82) is 0 Å². The fourth-order valence-electron chi connectivity index (χ4n) is 3.12. The highest BCUT2D eigenvalue weighted by atomic mass is 32.2. The van der Waals surface area contributed by atoms with Gasteiger partial charge < -0.3 is 14.5 Å². The number of carbonyl (C=O) groups is 2. The van der Waals surface area contributed by atoms with Crippen molar-refractivity contribution in [3.8, 4) is 0 Å². The van der Waals surface area contributed by atoms with Crippen LogP contribution in [0.15, 0.2) is 34.0 Å². The van der Waals surface area contributed by atoms with Crippen LogP contribution in [-0.2, 0) is 22.5 Å². The maximum absolute atomic E-state index is 12.6. The van der Waals surface area contributed by atoms with Gasteiger partial charge in [0.2, 0.25) is 5.91 Å². The minimum atomic E-state index is -0.423. The van der Waals surface area contributed by atoms with Crippen LogP contribution in [0.4, 0.5) is 5.00 Å². The Hall–Kier alpha value is -2.59. The second-order valence-electron chi connectivity index (χ2n) is 7.15. The number of ether oxygens (including phenoxy) is 1. The lowest BCUT2D eigenvalue weighted by molar-refractivity contribution is -0.113. The number of nitrogens with zero attached hydrogens (tertiary/aromatic N) is 3. The fraction of sp³-hybridized carbons (Fsp3) is 0.429. The van der Waals surface area contributed by atoms with Crippen molar-refractivity contribution in [1.82, 2.24) is 14.8 Å². The molecule has 1 fully saturated rings. The molecule has 0 radical (unpaired) electrons. The van der Waals surface area contributed by atoms with Crippen LogP contribution in [0, 0.1) is 0 Å². The number of amides is 1. The molecule has 164 valence electrons. The van der Waals surface area contributed by atoms with Crippen molar-refractivity contribution in [3.63, 3.8) is 0 Å². The summed E-state index contributed by atoms with van der Waals surface area (Å²) in [5.41, 5.74) is 0.402. The Labute approximate surface area is 188 Å². The topological polar surface area (TPSA) is 99.2 Å². The number of carbonyl (C=O) groups excluding carboxylic acids is 2. The average molecular weight is 461 g/mol. The number of thioether (sulfide) groups is 1. The molecule has 3 aromatic heterocycles. The number of aryl methyl sites for hydroxylation is 1. The van der Waals surface area contributed by atoms with E-state index in [1.54, 1.807) is 19.3 Å². The number of hydrogen-bond donors (Lipinski definition) is 1. The Morgan fingerprint density at radius 2 is 2.19 bits per heavy atom. The molecule has 0 aliphatic heterocycles. The zero-order chi connectivity index (χ0) is 21.8. The maximum atomic E-state index is 12.6. The standard InChI is InChI=1S/C21H24N4O4S2/c1-3-15-10-16(20(27)28-4-2)19(31-15)22-17(26)12-30-21-24-23-18(13-7-8-13)25(21)11-14-6-5-9-29-14/h5-6,9-10,13H,3-4,7-8,11-12H2,1-2H3,(H,22,26). The fourth-order valence-corrected chi connectivity index (χ4v) is 4.86. The molecule has 0 unspecified atom stereocenters.